The van der Waals surface area contributed by atoms with Gasteiger partial charge in [-0.1, -0.05) is 6.92 Å². The van der Waals surface area contributed by atoms with E-state index >= 15 is 0 Å². The molecule has 1 fully saturated rings. The van der Waals surface area contributed by atoms with Crippen LogP contribution in [0.15, 0.2) is 0 Å². The summed E-state index contributed by atoms with van der Waals surface area (Å²) in [7, 11) is -3.44. The Hall–Kier alpha value is -0.660. The van der Waals surface area contributed by atoms with Crippen molar-refractivity contribution in [2.24, 2.45) is 5.92 Å². The highest BCUT2D eigenvalue weighted by molar-refractivity contribution is 7.87. The van der Waals surface area contributed by atoms with Crippen molar-refractivity contribution in [2.45, 2.75) is 26.7 Å². The number of nitrogens with one attached hydrogen (secondary N) is 1. The molecule has 0 amide bonds. The Morgan fingerprint density at radius 3 is 2.76 bits per heavy atom. The van der Waals surface area contributed by atoms with Gasteiger partial charge in [0.2, 0.25) is 0 Å². The number of hydrogen-bond acceptors (Lipinski definition) is 4. The number of ether oxygens (including phenoxy) is 1. The van der Waals surface area contributed by atoms with Gasteiger partial charge >= 0.3 is 5.97 Å². The van der Waals surface area contributed by atoms with Crippen LogP contribution in [0.1, 0.15) is 26.7 Å². The molecule has 17 heavy (non-hydrogen) atoms. The van der Waals surface area contributed by atoms with E-state index in [9.17, 15) is 13.2 Å². The number of piperidine rings is 1. The number of carbonyl (C=O) groups excluding carboxylic acids is 1. The van der Waals surface area contributed by atoms with Crippen molar-refractivity contribution in [2.75, 3.05) is 26.2 Å². The standard InChI is InChI=1S/C10H20N2O4S/c1-3-11-17(14,15)12-7-5-6-9(8-12)10(13)16-4-2/h9,11H,3-8H2,1-2H3/t9-/m1/s1. The first-order valence-electron chi connectivity index (χ1n) is 5.92. The molecule has 0 bridgehead atoms. The van der Waals surface area contributed by atoms with Crippen LogP contribution in [0.3, 0.4) is 0 Å². The fourth-order valence-electron chi connectivity index (χ4n) is 1.89. The molecule has 0 aliphatic carbocycles. The maximum atomic E-state index is 11.8. The van der Waals surface area contributed by atoms with Gasteiger partial charge in [0.15, 0.2) is 0 Å². The van der Waals surface area contributed by atoms with Crippen molar-refractivity contribution in [1.29, 1.82) is 0 Å². The van der Waals surface area contributed by atoms with Crippen LogP contribution in [0.25, 0.3) is 0 Å². The summed E-state index contributed by atoms with van der Waals surface area (Å²) >= 11 is 0. The molecule has 0 radical (unpaired) electrons. The molecule has 1 atom stereocenters. The summed E-state index contributed by atoms with van der Waals surface area (Å²) in [5.74, 6) is -0.638. The Balaban J connectivity index is 2.63. The van der Waals surface area contributed by atoms with E-state index in [1.165, 1.54) is 4.31 Å². The zero-order valence-electron chi connectivity index (χ0n) is 10.3. The summed E-state index contributed by atoms with van der Waals surface area (Å²) in [6.07, 6.45) is 1.38. The van der Waals surface area contributed by atoms with Crippen LogP contribution in [0.2, 0.25) is 0 Å². The van der Waals surface area contributed by atoms with E-state index in [-0.39, 0.29) is 18.4 Å². The van der Waals surface area contributed by atoms with E-state index in [4.69, 9.17) is 4.74 Å². The Morgan fingerprint density at radius 1 is 1.47 bits per heavy atom. The molecule has 0 unspecified atom stereocenters. The lowest BCUT2D eigenvalue weighted by Crippen LogP contribution is -2.47. The molecule has 0 saturated carbocycles. The SMILES string of the molecule is CCNS(=O)(=O)N1CCC[C@@H](C(=O)OCC)C1. The van der Waals surface area contributed by atoms with Crippen molar-refractivity contribution in [1.82, 2.24) is 9.03 Å². The smallest absolute Gasteiger partial charge is 0.310 e. The lowest BCUT2D eigenvalue weighted by Gasteiger charge is -2.30. The van der Waals surface area contributed by atoms with Crippen molar-refractivity contribution in [3.05, 3.63) is 0 Å². The second-order valence-electron chi connectivity index (χ2n) is 3.95. The predicted molar refractivity (Wildman–Crippen MR) is 63.5 cm³/mol. The monoisotopic (exact) mass is 264 g/mol. The number of rotatable bonds is 5. The molecule has 1 N–H and O–H groups in total. The Kier molecular flexibility index (Phi) is 5.35. The molecule has 1 saturated heterocycles. The van der Waals surface area contributed by atoms with Gasteiger partial charge < -0.3 is 4.74 Å². The summed E-state index contributed by atoms with van der Waals surface area (Å²) in [5, 5.41) is 0. The third-order valence-corrected chi connectivity index (χ3v) is 4.34. The van der Waals surface area contributed by atoms with E-state index in [1.54, 1.807) is 13.8 Å². The van der Waals surface area contributed by atoms with Gasteiger partial charge in [-0.05, 0) is 19.8 Å². The molecule has 1 aliphatic rings. The van der Waals surface area contributed by atoms with Crippen LogP contribution in [0.5, 0.6) is 0 Å². The molecule has 1 rings (SSSR count). The van der Waals surface area contributed by atoms with Gasteiger partial charge in [-0.25, -0.2) is 4.72 Å². The minimum atomic E-state index is -3.44. The van der Waals surface area contributed by atoms with Crippen molar-refractivity contribution in [3.63, 3.8) is 0 Å². The Morgan fingerprint density at radius 2 is 2.18 bits per heavy atom. The molecule has 0 aromatic heterocycles. The molecule has 1 heterocycles. The zero-order chi connectivity index (χ0) is 12.9. The van der Waals surface area contributed by atoms with E-state index < -0.39 is 10.2 Å². The van der Waals surface area contributed by atoms with Gasteiger partial charge in [0.25, 0.3) is 10.2 Å². The second-order valence-corrected chi connectivity index (χ2v) is 5.71. The molecular formula is C10H20N2O4S. The first kappa shape index (κ1) is 14.4. The normalized spacial score (nSPS) is 22.4. The lowest BCUT2D eigenvalue weighted by molar-refractivity contribution is -0.149. The van der Waals surface area contributed by atoms with Gasteiger partial charge in [-0.15, -0.1) is 0 Å². The summed E-state index contributed by atoms with van der Waals surface area (Å²) in [4.78, 5) is 11.6. The molecule has 0 spiro atoms. The second kappa shape index (κ2) is 6.32. The largest absolute Gasteiger partial charge is 0.466 e. The molecule has 7 heteroatoms. The molecule has 6 nitrogen and oxygen atoms in total. The van der Waals surface area contributed by atoms with E-state index in [1.807, 2.05) is 0 Å². The highest BCUT2D eigenvalue weighted by atomic mass is 32.2. The average Bonchev–Trinajstić information content (AvgIpc) is 2.29. The summed E-state index contributed by atoms with van der Waals surface area (Å²) in [6, 6.07) is 0. The van der Waals surface area contributed by atoms with Gasteiger partial charge in [0, 0.05) is 19.6 Å². The van der Waals surface area contributed by atoms with Gasteiger partial charge in [0.1, 0.15) is 0 Å². The van der Waals surface area contributed by atoms with E-state index in [0.29, 0.717) is 32.5 Å². The summed E-state index contributed by atoms with van der Waals surface area (Å²) < 4.78 is 32.2. The number of hydrogen-bond donors (Lipinski definition) is 1. The van der Waals surface area contributed by atoms with Crippen LogP contribution in [-0.4, -0.2) is 44.9 Å². The highest BCUT2D eigenvalue weighted by Gasteiger charge is 2.32. The summed E-state index contributed by atoms with van der Waals surface area (Å²) in [6.45, 7) is 4.83. The van der Waals surface area contributed by atoms with Crippen molar-refractivity contribution < 1.29 is 17.9 Å². The van der Waals surface area contributed by atoms with Crippen LogP contribution in [0.4, 0.5) is 0 Å². The molecular weight excluding hydrogens is 244 g/mol. The fourth-order valence-corrected chi connectivity index (χ4v) is 3.18. The van der Waals surface area contributed by atoms with E-state index in [2.05, 4.69) is 4.72 Å². The van der Waals surface area contributed by atoms with Crippen LogP contribution in [0, 0.1) is 5.92 Å². The Labute approximate surface area is 102 Å². The number of nitrogens with zero attached hydrogens (tertiary/aromatic N) is 1. The molecule has 0 aromatic rings. The minimum Gasteiger partial charge on any atom is -0.466 e. The lowest BCUT2D eigenvalue weighted by atomic mass is 10.0. The van der Waals surface area contributed by atoms with Crippen LogP contribution >= 0.6 is 0 Å². The molecule has 100 valence electrons. The van der Waals surface area contributed by atoms with Crippen LogP contribution < -0.4 is 4.72 Å². The highest BCUT2D eigenvalue weighted by Crippen LogP contribution is 2.19. The van der Waals surface area contributed by atoms with Gasteiger partial charge in [-0.3, -0.25) is 4.79 Å². The molecule has 0 aromatic carbocycles. The predicted octanol–water partition coefficient (Wildman–Crippen LogP) is 0.116. The third-order valence-electron chi connectivity index (χ3n) is 2.67. The Bertz CT molecular complexity index is 355. The van der Waals surface area contributed by atoms with Gasteiger partial charge in [0.05, 0.1) is 12.5 Å². The van der Waals surface area contributed by atoms with Crippen molar-refractivity contribution in [3.8, 4) is 0 Å². The average molecular weight is 264 g/mol. The number of esters is 1. The third kappa shape index (κ3) is 3.93. The maximum Gasteiger partial charge on any atom is 0.310 e. The first-order chi connectivity index (χ1) is 8.01. The van der Waals surface area contributed by atoms with Crippen LogP contribution in [-0.2, 0) is 19.7 Å². The van der Waals surface area contributed by atoms with Gasteiger partial charge in [-0.2, -0.15) is 12.7 Å². The quantitative estimate of drug-likeness (QED) is 0.715. The zero-order valence-corrected chi connectivity index (χ0v) is 11.1. The minimum absolute atomic E-state index is 0.216. The summed E-state index contributed by atoms with van der Waals surface area (Å²) in [5.41, 5.74) is 0. The fraction of sp³-hybridized carbons (Fsp3) is 0.900. The number of carbonyl (C=O) groups is 1. The van der Waals surface area contributed by atoms with Crippen molar-refractivity contribution >= 4 is 16.2 Å². The van der Waals surface area contributed by atoms with E-state index in [0.717, 1.165) is 0 Å². The molecule has 1 aliphatic heterocycles. The first-order valence-corrected chi connectivity index (χ1v) is 7.36. The topological polar surface area (TPSA) is 75.7 Å². The maximum absolute atomic E-state index is 11.8.